The summed E-state index contributed by atoms with van der Waals surface area (Å²) >= 11 is 7.01. The van der Waals surface area contributed by atoms with E-state index in [-0.39, 0.29) is 17.1 Å². The molecule has 0 unspecified atom stereocenters. The van der Waals surface area contributed by atoms with Crippen LogP contribution in [0.2, 0.25) is 5.02 Å². The van der Waals surface area contributed by atoms with E-state index in [1.165, 1.54) is 30.5 Å². The van der Waals surface area contributed by atoms with Crippen LogP contribution in [0.4, 0.5) is 10.1 Å². The van der Waals surface area contributed by atoms with Crippen LogP contribution < -0.4 is 10.0 Å². The van der Waals surface area contributed by atoms with Crippen molar-refractivity contribution in [2.45, 2.75) is 18.5 Å². The van der Waals surface area contributed by atoms with Crippen LogP contribution in [0.3, 0.4) is 0 Å². The predicted octanol–water partition coefficient (Wildman–Crippen LogP) is 3.22. The molecular formula is C19H17ClFN5O3S2. The average molecular weight is 482 g/mol. The summed E-state index contributed by atoms with van der Waals surface area (Å²) in [5.41, 5.74) is 1.13. The number of hydrogen-bond acceptors (Lipinski definition) is 6. The molecule has 2 atom stereocenters. The van der Waals surface area contributed by atoms with Gasteiger partial charge in [0.05, 0.1) is 11.1 Å². The maximum atomic E-state index is 13.4. The average Bonchev–Trinajstić information content (AvgIpc) is 3.23. The van der Waals surface area contributed by atoms with Crippen molar-refractivity contribution >= 4 is 44.7 Å². The van der Waals surface area contributed by atoms with Crippen molar-refractivity contribution in [2.75, 3.05) is 12.4 Å². The van der Waals surface area contributed by atoms with Gasteiger partial charge in [0.25, 0.3) is 10.2 Å². The second-order valence-electron chi connectivity index (χ2n) is 6.87. The third-order valence-electron chi connectivity index (χ3n) is 4.82. The van der Waals surface area contributed by atoms with Gasteiger partial charge in [-0.1, -0.05) is 53.3 Å². The maximum Gasteiger partial charge on any atom is 0.280 e. The minimum Gasteiger partial charge on any atom is -0.325 e. The molecule has 2 aromatic carbocycles. The topological polar surface area (TPSA) is 104 Å². The summed E-state index contributed by atoms with van der Waals surface area (Å²) in [7, 11) is -2.62. The van der Waals surface area contributed by atoms with E-state index in [0.717, 1.165) is 15.9 Å². The van der Waals surface area contributed by atoms with Crippen LogP contribution in [0.15, 0.2) is 48.5 Å². The largest absolute Gasteiger partial charge is 0.325 e. The third kappa shape index (κ3) is 4.60. The van der Waals surface area contributed by atoms with Gasteiger partial charge >= 0.3 is 0 Å². The van der Waals surface area contributed by atoms with Crippen LogP contribution >= 0.6 is 22.9 Å². The molecule has 0 spiro atoms. The van der Waals surface area contributed by atoms with Crippen LogP contribution in [0.5, 0.6) is 0 Å². The van der Waals surface area contributed by atoms with E-state index < -0.39 is 34.0 Å². The highest BCUT2D eigenvalue weighted by Crippen LogP contribution is 2.33. The second kappa shape index (κ2) is 8.60. The van der Waals surface area contributed by atoms with Crippen LogP contribution in [-0.2, 0) is 15.0 Å². The Morgan fingerprint density at radius 2 is 2.00 bits per heavy atom. The van der Waals surface area contributed by atoms with Gasteiger partial charge in [-0.3, -0.25) is 4.79 Å². The van der Waals surface area contributed by atoms with Crippen molar-refractivity contribution in [3.05, 3.63) is 64.4 Å². The highest BCUT2D eigenvalue weighted by molar-refractivity contribution is 7.87. The summed E-state index contributed by atoms with van der Waals surface area (Å²) in [6.45, 7) is 0. The SMILES string of the molecule is CN1[C@@H](C(=O)Nc2ccc(F)c(Cl)c2)C[C@@H](c2nnc(-c3ccccc3)s2)NS1(=O)=O. The smallest absolute Gasteiger partial charge is 0.280 e. The number of amides is 1. The van der Waals surface area contributed by atoms with E-state index in [1.54, 1.807) is 0 Å². The molecule has 2 N–H and O–H groups in total. The Morgan fingerprint density at radius 1 is 1.26 bits per heavy atom. The monoisotopic (exact) mass is 481 g/mol. The van der Waals surface area contributed by atoms with Crippen molar-refractivity contribution < 1.29 is 17.6 Å². The Labute approximate surface area is 187 Å². The maximum absolute atomic E-state index is 13.4. The molecule has 1 fully saturated rings. The van der Waals surface area contributed by atoms with E-state index >= 15 is 0 Å². The van der Waals surface area contributed by atoms with Gasteiger partial charge in [0, 0.05) is 18.3 Å². The summed E-state index contributed by atoms with van der Waals surface area (Å²) in [5.74, 6) is -1.18. The van der Waals surface area contributed by atoms with Crippen molar-refractivity contribution in [2.24, 2.45) is 0 Å². The van der Waals surface area contributed by atoms with Gasteiger partial charge in [-0.2, -0.15) is 17.4 Å². The van der Waals surface area contributed by atoms with Crippen LogP contribution in [0.1, 0.15) is 17.5 Å². The summed E-state index contributed by atoms with van der Waals surface area (Å²) in [6, 6.07) is 11.4. The fourth-order valence-corrected chi connectivity index (χ4v) is 5.56. The molecule has 31 heavy (non-hydrogen) atoms. The first-order valence-corrected chi connectivity index (χ1v) is 11.8. The molecule has 2 heterocycles. The van der Waals surface area contributed by atoms with Gasteiger partial charge in [-0.15, -0.1) is 10.2 Å². The zero-order valence-corrected chi connectivity index (χ0v) is 18.5. The molecule has 162 valence electrons. The van der Waals surface area contributed by atoms with E-state index in [2.05, 4.69) is 20.2 Å². The van der Waals surface area contributed by atoms with E-state index in [1.807, 2.05) is 30.3 Å². The van der Waals surface area contributed by atoms with Gasteiger partial charge < -0.3 is 5.32 Å². The number of aromatic nitrogens is 2. The molecule has 0 saturated carbocycles. The molecule has 3 aromatic rings. The first kappa shape index (κ1) is 21.8. The van der Waals surface area contributed by atoms with Crippen molar-refractivity contribution in [1.29, 1.82) is 0 Å². The zero-order valence-electron chi connectivity index (χ0n) is 16.1. The van der Waals surface area contributed by atoms with E-state index in [0.29, 0.717) is 10.0 Å². The first-order chi connectivity index (χ1) is 14.7. The predicted molar refractivity (Wildman–Crippen MR) is 116 cm³/mol. The fourth-order valence-electron chi connectivity index (χ4n) is 3.15. The quantitative estimate of drug-likeness (QED) is 0.595. The van der Waals surface area contributed by atoms with Gasteiger partial charge in [0.15, 0.2) is 0 Å². The lowest BCUT2D eigenvalue weighted by molar-refractivity contribution is -0.120. The normalized spacial score (nSPS) is 21.0. The number of carbonyl (C=O) groups excluding carboxylic acids is 1. The number of rotatable bonds is 4. The Morgan fingerprint density at radius 3 is 2.71 bits per heavy atom. The highest BCUT2D eigenvalue weighted by Gasteiger charge is 2.42. The Kier molecular flexibility index (Phi) is 6.04. The minimum absolute atomic E-state index is 0.139. The van der Waals surface area contributed by atoms with Crippen LogP contribution in [-0.4, -0.2) is 41.9 Å². The van der Waals surface area contributed by atoms with E-state index in [4.69, 9.17) is 11.6 Å². The molecule has 8 nitrogen and oxygen atoms in total. The summed E-state index contributed by atoms with van der Waals surface area (Å²) in [6.07, 6.45) is 0.139. The molecule has 1 aliphatic heterocycles. The molecule has 0 bridgehead atoms. The fraction of sp³-hybridized carbons (Fsp3) is 0.211. The lowest BCUT2D eigenvalue weighted by Gasteiger charge is -2.35. The van der Waals surface area contributed by atoms with Gasteiger partial charge in [-0.25, -0.2) is 4.39 Å². The standard InChI is InChI=1S/C19H17ClFN5O3S2/c1-26-16(17(27)22-12-7-8-14(21)13(20)9-12)10-15(25-31(26,28)29)19-24-23-18(30-19)11-5-3-2-4-6-11/h2-9,15-16,25H,10H2,1H3,(H,22,27)/t15-,16+/m0/s1. The Hall–Kier alpha value is -2.44. The summed E-state index contributed by atoms with van der Waals surface area (Å²) < 4.78 is 42.1. The van der Waals surface area contributed by atoms with Crippen molar-refractivity contribution in [3.8, 4) is 10.6 Å². The number of carbonyl (C=O) groups is 1. The number of hydrogen-bond donors (Lipinski definition) is 2. The molecule has 0 radical (unpaired) electrons. The molecule has 1 amide bonds. The number of nitrogens with one attached hydrogen (secondary N) is 2. The number of halogens is 2. The molecule has 4 rings (SSSR count). The zero-order chi connectivity index (χ0) is 22.2. The van der Waals surface area contributed by atoms with Crippen molar-refractivity contribution in [3.63, 3.8) is 0 Å². The number of nitrogens with zero attached hydrogens (tertiary/aromatic N) is 3. The van der Waals surface area contributed by atoms with Gasteiger partial charge in [-0.05, 0) is 24.6 Å². The Bertz CT molecular complexity index is 1220. The molecule has 1 saturated heterocycles. The molecule has 1 aliphatic rings. The van der Waals surface area contributed by atoms with Crippen LogP contribution in [0.25, 0.3) is 10.6 Å². The van der Waals surface area contributed by atoms with Gasteiger partial charge in [0.2, 0.25) is 5.91 Å². The summed E-state index contributed by atoms with van der Waals surface area (Å²) in [5, 5.41) is 11.8. The molecule has 12 heteroatoms. The lowest BCUT2D eigenvalue weighted by atomic mass is 10.1. The molecule has 1 aromatic heterocycles. The lowest BCUT2D eigenvalue weighted by Crippen LogP contribution is -2.55. The van der Waals surface area contributed by atoms with Crippen LogP contribution in [0, 0.1) is 5.82 Å². The Balaban J connectivity index is 1.57. The highest BCUT2D eigenvalue weighted by atomic mass is 35.5. The minimum atomic E-state index is -3.94. The molecule has 0 aliphatic carbocycles. The van der Waals surface area contributed by atoms with E-state index in [9.17, 15) is 17.6 Å². The molecular weight excluding hydrogens is 465 g/mol. The van der Waals surface area contributed by atoms with Crippen molar-refractivity contribution in [1.82, 2.24) is 19.2 Å². The number of likely N-dealkylation sites (N-methyl/N-ethyl adjacent to an activating group) is 1. The summed E-state index contributed by atoms with van der Waals surface area (Å²) in [4.78, 5) is 12.9. The first-order valence-electron chi connectivity index (χ1n) is 9.14. The van der Waals surface area contributed by atoms with Gasteiger partial charge in [0.1, 0.15) is 21.9 Å². The second-order valence-corrected chi connectivity index (χ2v) is 10.1. The third-order valence-corrected chi connectivity index (χ3v) is 7.79. The number of benzene rings is 2. The number of anilines is 1.